The number of rotatable bonds is 4. The van der Waals surface area contributed by atoms with Gasteiger partial charge in [-0.3, -0.25) is 4.79 Å². The predicted molar refractivity (Wildman–Crippen MR) is 91.5 cm³/mol. The number of carbonyl (C=O) groups excluding carboxylic acids is 1. The van der Waals surface area contributed by atoms with Gasteiger partial charge in [-0.15, -0.1) is 0 Å². The van der Waals surface area contributed by atoms with Gasteiger partial charge in [0.25, 0.3) is 5.91 Å². The average Bonchev–Trinajstić information content (AvgIpc) is 2.36. The fourth-order valence-electron chi connectivity index (χ4n) is 2.87. The standard InChI is InChI=1S/C15H20BrN3OS/c1-15(10-5-3-6-10,11-7-4-8-12(16)9-11)13(20)19(18-2)14(17)21/h4,7-10,18H,3,5-6H2,1-2H3,(H2,17,21). The van der Waals surface area contributed by atoms with Crippen LogP contribution in [0.5, 0.6) is 0 Å². The molecule has 1 aromatic rings. The molecule has 1 aliphatic carbocycles. The maximum Gasteiger partial charge on any atom is 0.253 e. The van der Waals surface area contributed by atoms with Crippen molar-refractivity contribution >= 4 is 39.2 Å². The molecular weight excluding hydrogens is 350 g/mol. The third kappa shape index (κ3) is 2.98. The number of nitrogens with one attached hydrogen (secondary N) is 1. The molecule has 0 heterocycles. The number of halogens is 1. The van der Waals surface area contributed by atoms with Crippen LogP contribution in [0.25, 0.3) is 0 Å². The van der Waals surface area contributed by atoms with Gasteiger partial charge in [-0.25, -0.2) is 10.4 Å². The van der Waals surface area contributed by atoms with E-state index in [1.165, 1.54) is 5.01 Å². The monoisotopic (exact) mass is 369 g/mol. The Balaban J connectivity index is 2.46. The van der Waals surface area contributed by atoms with Crippen molar-refractivity contribution in [2.45, 2.75) is 31.6 Å². The highest BCUT2D eigenvalue weighted by Crippen LogP contribution is 2.45. The Bertz CT molecular complexity index is 562. The lowest BCUT2D eigenvalue weighted by Gasteiger charge is -2.44. The summed E-state index contributed by atoms with van der Waals surface area (Å²) < 4.78 is 0.963. The fraction of sp³-hybridized carbons (Fsp3) is 0.467. The smallest absolute Gasteiger partial charge is 0.253 e. The van der Waals surface area contributed by atoms with Crippen molar-refractivity contribution in [3.05, 3.63) is 34.3 Å². The third-order valence-electron chi connectivity index (χ3n) is 4.44. The van der Waals surface area contributed by atoms with E-state index in [0.29, 0.717) is 5.92 Å². The van der Waals surface area contributed by atoms with E-state index in [1.54, 1.807) is 7.05 Å². The Morgan fingerprint density at radius 2 is 2.19 bits per heavy atom. The van der Waals surface area contributed by atoms with Gasteiger partial charge in [0.15, 0.2) is 5.11 Å². The molecule has 3 N–H and O–H groups in total. The van der Waals surface area contributed by atoms with Crippen molar-refractivity contribution in [2.75, 3.05) is 7.05 Å². The van der Waals surface area contributed by atoms with Crippen LogP contribution in [0.4, 0.5) is 0 Å². The zero-order valence-corrected chi connectivity index (χ0v) is 14.6. The van der Waals surface area contributed by atoms with Crippen LogP contribution in [0.2, 0.25) is 0 Å². The first-order valence-electron chi connectivity index (χ1n) is 6.98. The average molecular weight is 370 g/mol. The van der Waals surface area contributed by atoms with Gasteiger partial charge in [0, 0.05) is 11.5 Å². The topological polar surface area (TPSA) is 58.4 Å². The lowest BCUT2D eigenvalue weighted by atomic mass is 9.62. The van der Waals surface area contributed by atoms with Crippen LogP contribution in [-0.4, -0.2) is 23.1 Å². The van der Waals surface area contributed by atoms with E-state index < -0.39 is 5.41 Å². The van der Waals surface area contributed by atoms with Gasteiger partial charge < -0.3 is 5.73 Å². The Morgan fingerprint density at radius 3 is 2.62 bits per heavy atom. The largest absolute Gasteiger partial charge is 0.375 e. The number of hydrogen-bond donors (Lipinski definition) is 2. The second kappa shape index (κ2) is 6.42. The third-order valence-corrected chi connectivity index (χ3v) is 5.11. The van der Waals surface area contributed by atoms with Gasteiger partial charge in [-0.2, -0.15) is 0 Å². The van der Waals surface area contributed by atoms with Crippen LogP contribution >= 0.6 is 28.1 Å². The molecule has 0 radical (unpaired) electrons. The van der Waals surface area contributed by atoms with Gasteiger partial charge >= 0.3 is 0 Å². The number of amides is 1. The molecule has 0 aromatic heterocycles. The van der Waals surface area contributed by atoms with Gasteiger partial charge in [0.2, 0.25) is 0 Å². The van der Waals surface area contributed by atoms with Crippen LogP contribution in [0.1, 0.15) is 31.7 Å². The summed E-state index contributed by atoms with van der Waals surface area (Å²) in [6.07, 6.45) is 3.25. The summed E-state index contributed by atoms with van der Waals surface area (Å²) >= 11 is 8.47. The first-order chi connectivity index (χ1) is 9.91. The number of nitrogens with zero attached hydrogens (tertiary/aromatic N) is 1. The summed E-state index contributed by atoms with van der Waals surface area (Å²) in [5, 5.41) is 1.32. The molecule has 1 unspecified atom stereocenters. The lowest BCUT2D eigenvalue weighted by molar-refractivity contribution is -0.138. The van der Waals surface area contributed by atoms with Crippen LogP contribution < -0.4 is 11.2 Å². The van der Waals surface area contributed by atoms with Gasteiger partial charge in [0.1, 0.15) is 0 Å². The molecule has 1 aliphatic rings. The molecule has 1 atom stereocenters. The molecule has 4 nitrogen and oxygen atoms in total. The molecule has 0 saturated heterocycles. The molecule has 2 rings (SSSR count). The highest BCUT2D eigenvalue weighted by Gasteiger charge is 2.47. The molecule has 0 aliphatic heterocycles. The van der Waals surface area contributed by atoms with Crippen molar-refractivity contribution in [1.82, 2.24) is 10.4 Å². The minimum atomic E-state index is -0.630. The molecule has 21 heavy (non-hydrogen) atoms. The quantitative estimate of drug-likeness (QED) is 0.632. The number of hydrogen-bond acceptors (Lipinski definition) is 3. The van der Waals surface area contributed by atoms with Crippen molar-refractivity contribution in [3.8, 4) is 0 Å². The molecule has 1 saturated carbocycles. The van der Waals surface area contributed by atoms with Crippen LogP contribution in [0.15, 0.2) is 28.7 Å². The van der Waals surface area contributed by atoms with E-state index >= 15 is 0 Å². The van der Waals surface area contributed by atoms with E-state index in [0.717, 1.165) is 29.3 Å². The maximum absolute atomic E-state index is 13.1. The number of thiocarbonyl (C=S) groups is 1. The molecule has 0 spiro atoms. The van der Waals surface area contributed by atoms with Crippen molar-refractivity contribution in [1.29, 1.82) is 0 Å². The molecule has 0 bridgehead atoms. The number of carbonyl (C=O) groups is 1. The van der Waals surface area contributed by atoms with Gasteiger partial charge in [0.05, 0.1) is 5.41 Å². The lowest BCUT2D eigenvalue weighted by Crippen LogP contribution is -2.58. The second-order valence-corrected chi connectivity index (χ2v) is 6.88. The Labute approximate surface area is 139 Å². The van der Waals surface area contributed by atoms with Crippen molar-refractivity contribution < 1.29 is 4.79 Å². The summed E-state index contributed by atoms with van der Waals surface area (Å²) in [6, 6.07) is 7.91. The zero-order valence-electron chi connectivity index (χ0n) is 12.2. The Morgan fingerprint density at radius 1 is 1.52 bits per heavy atom. The molecule has 114 valence electrons. The summed E-state index contributed by atoms with van der Waals surface area (Å²) in [7, 11) is 1.65. The highest BCUT2D eigenvalue weighted by molar-refractivity contribution is 9.10. The van der Waals surface area contributed by atoms with Crippen LogP contribution in [0, 0.1) is 5.92 Å². The Hall–Kier alpha value is -0.980. The SMILES string of the molecule is CNN(C(=O)C(C)(c1cccc(Br)c1)C1CCC1)C(N)=S. The van der Waals surface area contributed by atoms with E-state index in [9.17, 15) is 4.79 Å². The van der Waals surface area contributed by atoms with E-state index in [-0.39, 0.29) is 11.0 Å². The van der Waals surface area contributed by atoms with E-state index in [1.807, 2.05) is 31.2 Å². The normalized spacial score (nSPS) is 17.7. The molecule has 6 heteroatoms. The maximum atomic E-state index is 13.1. The minimum Gasteiger partial charge on any atom is -0.375 e. The Kier molecular flexibility index (Phi) is 5.01. The second-order valence-electron chi connectivity index (χ2n) is 5.54. The molecule has 1 amide bonds. The number of benzene rings is 1. The van der Waals surface area contributed by atoms with Crippen LogP contribution in [-0.2, 0) is 10.2 Å². The van der Waals surface area contributed by atoms with Crippen LogP contribution in [0.3, 0.4) is 0 Å². The number of hydrazine groups is 1. The molecule has 1 fully saturated rings. The minimum absolute atomic E-state index is 0.0445. The molecule has 1 aromatic carbocycles. The van der Waals surface area contributed by atoms with Crippen molar-refractivity contribution in [2.24, 2.45) is 11.7 Å². The van der Waals surface area contributed by atoms with Crippen molar-refractivity contribution in [3.63, 3.8) is 0 Å². The summed E-state index contributed by atoms with van der Waals surface area (Å²) in [6.45, 7) is 1.99. The van der Waals surface area contributed by atoms with Gasteiger partial charge in [-0.05, 0) is 55.6 Å². The van der Waals surface area contributed by atoms with E-state index in [4.69, 9.17) is 18.0 Å². The first-order valence-corrected chi connectivity index (χ1v) is 8.18. The summed E-state index contributed by atoms with van der Waals surface area (Å²) in [5.41, 5.74) is 8.84. The summed E-state index contributed by atoms with van der Waals surface area (Å²) in [5.74, 6) is 0.213. The highest BCUT2D eigenvalue weighted by atomic mass is 79.9. The number of nitrogens with two attached hydrogens (primary N) is 1. The van der Waals surface area contributed by atoms with E-state index in [2.05, 4.69) is 21.4 Å². The first kappa shape index (κ1) is 16.4. The predicted octanol–water partition coefficient (Wildman–Crippen LogP) is 2.71. The fourth-order valence-corrected chi connectivity index (χ4v) is 3.45. The molecular formula is C15H20BrN3OS. The van der Waals surface area contributed by atoms with Gasteiger partial charge in [-0.1, -0.05) is 34.5 Å². The zero-order chi connectivity index (χ0) is 15.6. The summed E-state index contributed by atoms with van der Waals surface area (Å²) in [4.78, 5) is 13.1.